The van der Waals surface area contributed by atoms with Crippen molar-refractivity contribution >= 4 is 39.9 Å². The second-order valence-corrected chi connectivity index (χ2v) is 6.91. The van der Waals surface area contributed by atoms with Crippen LogP contribution in [0.3, 0.4) is 0 Å². The summed E-state index contributed by atoms with van der Waals surface area (Å²) in [6.07, 6.45) is 3.21. The third-order valence-electron chi connectivity index (χ3n) is 4.80. The van der Waals surface area contributed by atoms with Crippen LogP contribution in [0.15, 0.2) is 54.9 Å². The molecule has 6 heteroatoms. The van der Waals surface area contributed by atoms with E-state index >= 15 is 0 Å². The first-order valence-corrected chi connectivity index (χ1v) is 9.09. The van der Waals surface area contributed by atoms with Gasteiger partial charge in [0.25, 0.3) is 0 Å². The molecule has 1 amide bonds. The van der Waals surface area contributed by atoms with Gasteiger partial charge < -0.3 is 10.2 Å². The molecule has 0 radical (unpaired) electrons. The van der Waals surface area contributed by atoms with E-state index in [9.17, 15) is 4.79 Å². The number of nitrogens with one attached hydrogen (secondary N) is 1. The molecule has 5 nitrogen and oxygen atoms in total. The Hall–Kier alpha value is -2.66. The van der Waals surface area contributed by atoms with Crippen LogP contribution in [0.4, 0.5) is 11.5 Å². The lowest BCUT2D eigenvalue weighted by Crippen LogP contribution is -2.38. The van der Waals surface area contributed by atoms with Crippen molar-refractivity contribution in [2.24, 2.45) is 5.92 Å². The van der Waals surface area contributed by atoms with Crippen LogP contribution in [0.25, 0.3) is 10.9 Å². The van der Waals surface area contributed by atoms with Crippen molar-refractivity contribution in [2.45, 2.75) is 12.8 Å². The number of benzene rings is 2. The van der Waals surface area contributed by atoms with Gasteiger partial charge in [0.05, 0.1) is 5.52 Å². The molecule has 0 aliphatic carbocycles. The molecule has 1 aliphatic heterocycles. The summed E-state index contributed by atoms with van der Waals surface area (Å²) in [4.78, 5) is 23.6. The second-order valence-electron chi connectivity index (χ2n) is 6.47. The first-order chi connectivity index (χ1) is 12.7. The van der Waals surface area contributed by atoms with Gasteiger partial charge in [0.15, 0.2) is 0 Å². The zero-order valence-electron chi connectivity index (χ0n) is 14.2. The van der Waals surface area contributed by atoms with Gasteiger partial charge in [-0.15, -0.1) is 0 Å². The predicted molar refractivity (Wildman–Crippen MR) is 105 cm³/mol. The summed E-state index contributed by atoms with van der Waals surface area (Å²) in [5, 5.41) is 4.70. The average molecular weight is 367 g/mol. The van der Waals surface area contributed by atoms with Crippen LogP contribution >= 0.6 is 11.6 Å². The van der Waals surface area contributed by atoms with Gasteiger partial charge in [0.2, 0.25) is 5.91 Å². The second kappa shape index (κ2) is 7.30. The molecule has 0 bridgehead atoms. The zero-order valence-corrected chi connectivity index (χ0v) is 15.0. The van der Waals surface area contributed by atoms with Gasteiger partial charge in [-0.1, -0.05) is 23.7 Å². The number of carbonyl (C=O) groups excluding carboxylic acids is 1. The smallest absolute Gasteiger partial charge is 0.227 e. The molecule has 2 aromatic carbocycles. The number of fused-ring (bicyclic) bond motifs is 1. The fraction of sp³-hybridized carbons (Fsp3) is 0.250. The van der Waals surface area contributed by atoms with Crippen LogP contribution < -0.4 is 10.2 Å². The van der Waals surface area contributed by atoms with Crippen molar-refractivity contribution in [1.82, 2.24) is 9.97 Å². The Morgan fingerprint density at radius 2 is 1.77 bits per heavy atom. The molecular weight excluding hydrogens is 348 g/mol. The number of aromatic nitrogens is 2. The summed E-state index contributed by atoms with van der Waals surface area (Å²) in [5.74, 6) is 1.03. The van der Waals surface area contributed by atoms with Crippen molar-refractivity contribution in [2.75, 3.05) is 23.3 Å². The van der Waals surface area contributed by atoms with E-state index in [-0.39, 0.29) is 11.8 Å². The monoisotopic (exact) mass is 366 g/mol. The first-order valence-electron chi connectivity index (χ1n) is 8.72. The van der Waals surface area contributed by atoms with Gasteiger partial charge >= 0.3 is 0 Å². The molecule has 0 spiro atoms. The highest BCUT2D eigenvalue weighted by molar-refractivity contribution is 6.30. The Morgan fingerprint density at radius 1 is 1.04 bits per heavy atom. The molecule has 3 aromatic rings. The largest absolute Gasteiger partial charge is 0.356 e. The fourth-order valence-electron chi connectivity index (χ4n) is 3.37. The molecule has 0 saturated carbocycles. The third-order valence-corrected chi connectivity index (χ3v) is 5.05. The van der Waals surface area contributed by atoms with Crippen molar-refractivity contribution in [3.8, 4) is 0 Å². The molecule has 2 heterocycles. The maximum Gasteiger partial charge on any atom is 0.227 e. The summed E-state index contributed by atoms with van der Waals surface area (Å²) in [5.41, 5.74) is 1.73. The maximum atomic E-state index is 12.5. The topological polar surface area (TPSA) is 58.1 Å². The van der Waals surface area contributed by atoms with Crippen LogP contribution in [-0.4, -0.2) is 29.0 Å². The lowest BCUT2D eigenvalue weighted by Gasteiger charge is -2.32. The standard InChI is InChI=1S/C20H19ClN4O/c21-15-5-7-16(8-6-15)24-20(26)14-9-11-25(12-10-14)19-17-3-1-2-4-18(17)22-13-23-19/h1-8,13-14H,9-12H2,(H,24,26). The maximum absolute atomic E-state index is 12.5. The van der Waals surface area contributed by atoms with Gasteiger partial charge in [-0.2, -0.15) is 0 Å². The molecule has 0 atom stereocenters. The SMILES string of the molecule is O=C(Nc1ccc(Cl)cc1)C1CCN(c2ncnc3ccccc23)CC1. The Kier molecular flexibility index (Phi) is 4.71. The van der Waals surface area contributed by atoms with E-state index in [4.69, 9.17) is 11.6 Å². The minimum absolute atomic E-state index is 0.00929. The fourth-order valence-corrected chi connectivity index (χ4v) is 3.50. The minimum Gasteiger partial charge on any atom is -0.356 e. The van der Waals surface area contributed by atoms with Crippen LogP contribution in [-0.2, 0) is 4.79 Å². The lowest BCUT2D eigenvalue weighted by atomic mass is 9.95. The number of halogens is 1. The van der Waals surface area contributed by atoms with E-state index in [0.717, 1.165) is 48.3 Å². The molecule has 1 aliphatic rings. The number of hydrogen-bond acceptors (Lipinski definition) is 4. The number of piperidine rings is 1. The Bertz CT molecular complexity index is 915. The number of anilines is 2. The highest BCUT2D eigenvalue weighted by Crippen LogP contribution is 2.28. The highest BCUT2D eigenvalue weighted by Gasteiger charge is 2.26. The summed E-state index contributed by atoms with van der Waals surface area (Å²) in [7, 11) is 0. The van der Waals surface area contributed by atoms with E-state index in [2.05, 4.69) is 20.2 Å². The Morgan fingerprint density at radius 3 is 2.54 bits per heavy atom. The molecule has 0 unspecified atom stereocenters. The quantitative estimate of drug-likeness (QED) is 0.756. The van der Waals surface area contributed by atoms with E-state index in [1.165, 1.54) is 0 Å². The molecule has 1 aromatic heterocycles. The number of carbonyl (C=O) groups is 1. The van der Waals surface area contributed by atoms with E-state index in [1.54, 1.807) is 18.5 Å². The summed E-state index contributed by atoms with van der Waals surface area (Å²) < 4.78 is 0. The zero-order chi connectivity index (χ0) is 17.9. The number of para-hydroxylation sites is 1. The minimum atomic E-state index is 0.00929. The molecule has 1 N–H and O–H groups in total. The van der Waals surface area contributed by atoms with Crippen molar-refractivity contribution in [3.63, 3.8) is 0 Å². The number of nitrogens with zero attached hydrogens (tertiary/aromatic N) is 3. The Labute approximate surface area is 157 Å². The summed E-state index contributed by atoms with van der Waals surface area (Å²) >= 11 is 5.88. The van der Waals surface area contributed by atoms with Crippen molar-refractivity contribution in [1.29, 1.82) is 0 Å². The van der Waals surface area contributed by atoms with Crippen LogP contribution in [0.2, 0.25) is 5.02 Å². The normalized spacial score (nSPS) is 15.2. The predicted octanol–water partition coefficient (Wildman–Crippen LogP) is 4.14. The summed E-state index contributed by atoms with van der Waals surface area (Å²) in [6, 6.07) is 15.2. The van der Waals surface area contributed by atoms with Crippen LogP contribution in [0.5, 0.6) is 0 Å². The molecule has 132 valence electrons. The van der Waals surface area contributed by atoms with E-state index in [0.29, 0.717) is 5.02 Å². The van der Waals surface area contributed by atoms with Gasteiger partial charge in [0, 0.05) is 35.1 Å². The third kappa shape index (κ3) is 3.48. The van der Waals surface area contributed by atoms with E-state index < -0.39 is 0 Å². The molecule has 1 saturated heterocycles. The van der Waals surface area contributed by atoms with Gasteiger partial charge in [-0.3, -0.25) is 4.79 Å². The average Bonchev–Trinajstić information content (AvgIpc) is 2.69. The first kappa shape index (κ1) is 16.8. The summed E-state index contributed by atoms with van der Waals surface area (Å²) in [6.45, 7) is 1.61. The van der Waals surface area contributed by atoms with Crippen LogP contribution in [0, 0.1) is 5.92 Å². The molecule has 4 rings (SSSR count). The molecule has 26 heavy (non-hydrogen) atoms. The van der Waals surface area contributed by atoms with Gasteiger partial charge in [-0.25, -0.2) is 9.97 Å². The van der Waals surface area contributed by atoms with Gasteiger partial charge in [0.1, 0.15) is 12.1 Å². The molecule has 1 fully saturated rings. The number of amides is 1. The van der Waals surface area contributed by atoms with Crippen molar-refractivity contribution in [3.05, 3.63) is 59.9 Å². The van der Waals surface area contributed by atoms with Crippen LogP contribution in [0.1, 0.15) is 12.8 Å². The number of hydrogen-bond donors (Lipinski definition) is 1. The Balaban J connectivity index is 1.42. The lowest BCUT2D eigenvalue weighted by molar-refractivity contribution is -0.120. The number of rotatable bonds is 3. The van der Waals surface area contributed by atoms with E-state index in [1.807, 2.05) is 36.4 Å². The molecular formula is C20H19ClN4O. The highest BCUT2D eigenvalue weighted by atomic mass is 35.5. The van der Waals surface area contributed by atoms with Gasteiger partial charge in [-0.05, 0) is 49.2 Å². The van der Waals surface area contributed by atoms with Crippen molar-refractivity contribution < 1.29 is 4.79 Å².